The summed E-state index contributed by atoms with van der Waals surface area (Å²) < 4.78 is 31.7. The Bertz CT molecular complexity index is 1580. The van der Waals surface area contributed by atoms with Crippen molar-refractivity contribution in [2.24, 2.45) is 10.9 Å². The van der Waals surface area contributed by atoms with Gasteiger partial charge in [-0.25, -0.2) is 19.6 Å². The summed E-state index contributed by atoms with van der Waals surface area (Å²) in [5, 5.41) is 27.8. The van der Waals surface area contributed by atoms with E-state index >= 15 is 0 Å². The molecule has 4 aliphatic heterocycles. The highest BCUT2D eigenvalue weighted by Gasteiger charge is 2.54. The Hall–Kier alpha value is -4.41. The second-order valence-corrected chi connectivity index (χ2v) is 12.6. The molecule has 0 aliphatic carbocycles. The second-order valence-electron chi connectivity index (χ2n) is 9.45. The molecule has 0 spiro atoms. The number of nitrogen functional groups attached to an aromatic ring is 1. The van der Waals surface area contributed by atoms with Crippen molar-refractivity contribution in [3.05, 3.63) is 57.7 Å². The number of hydrogen-bond donors (Lipinski definition) is 6. The summed E-state index contributed by atoms with van der Waals surface area (Å²) in [4.78, 5) is 59.8. The van der Waals surface area contributed by atoms with Gasteiger partial charge in [0.1, 0.15) is 35.2 Å². The molecule has 8 N–H and O–H groups in total. The van der Waals surface area contributed by atoms with Crippen LogP contribution in [0.3, 0.4) is 0 Å². The maximum atomic E-state index is 13.2. The fourth-order valence-corrected chi connectivity index (χ4v) is 6.90. The number of hydrazine groups is 1. The third-order valence-electron chi connectivity index (χ3n) is 6.33. The number of nitrogens with one attached hydrogen (secondary N) is 2. The average Bonchev–Trinajstić information content (AvgIpc) is 3.63. The zero-order valence-corrected chi connectivity index (χ0v) is 26.7. The number of allylic oxidation sites excluding steroid dienone is 2. The van der Waals surface area contributed by atoms with E-state index in [-0.39, 0.29) is 35.4 Å². The molecule has 0 radical (unpaired) electrons. The van der Waals surface area contributed by atoms with Gasteiger partial charge in [0.05, 0.1) is 5.03 Å². The predicted octanol–water partition coefficient (Wildman–Crippen LogP) is 0.820. The first-order chi connectivity index (χ1) is 22.3. The third kappa shape index (κ3) is 8.12. The molecule has 1 aromatic rings. The third-order valence-corrected chi connectivity index (χ3v) is 9.32. The summed E-state index contributed by atoms with van der Waals surface area (Å²) >= 11 is 4.13. The number of carboxylic acids is 2. The number of rotatable bonds is 11. The normalized spacial score (nSPS) is 20.2. The standard InChI is InChI=1S/C23H27N9O5S3.C2HF3O2/c1-2-37-29-16(13-11-40-23(25)26-13)19(33)27-17-20(34)32-18(22(35)36)12(10-39-21(17)32)9-30-6-7-31-15(30)4-3-14(28-31)38-8-5-24;3-2(4,5)1(6)7/h3-4,6-7,11,17,21,28H,2,5,8-10,24H2,1H3,(H2,25,26)(H,27,33)(H,35,36);(H,6,7)/b29-16-;/t17-,21+;/m1./s1. The fourth-order valence-electron chi connectivity index (χ4n) is 4.35. The number of oxime groups is 1. The van der Waals surface area contributed by atoms with Crippen molar-refractivity contribution in [2.75, 3.05) is 36.9 Å². The monoisotopic (exact) mass is 719 g/mol. The molecule has 47 heavy (non-hydrogen) atoms. The molecule has 5 rings (SSSR count). The first-order valence-corrected chi connectivity index (χ1v) is 16.4. The quantitative estimate of drug-likeness (QED) is 0.106. The molecule has 0 bridgehead atoms. The molecule has 1 aromatic heterocycles. The summed E-state index contributed by atoms with van der Waals surface area (Å²) in [6.07, 6.45) is 2.49. The molecule has 1 fully saturated rings. The highest BCUT2D eigenvalue weighted by Crippen LogP contribution is 2.41. The Labute approximate surface area is 277 Å². The number of hydrogen-bond acceptors (Lipinski definition) is 15. The number of carbonyl (C=O) groups is 4. The highest BCUT2D eigenvalue weighted by atomic mass is 32.2. The van der Waals surface area contributed by atoms with E-state index in [2.05, 4.69) is 20.9 Å². The van der Waals surface area contributed by atoms with Crippen molar-refractivity contribution in [1.82, 2.24) is 30.5 Å². The van der Waals surface area contributed by atoms with Crippen LogP contribution in [0, 0.1) is 0 Å². The van der Waals surface area contributed by atoms with E-state index in [4.69, 9.17) is 26.2 Å². The Morgan fingerprint density at radius 2 is 2.00 bits per heavy atom. The minimum Gasteiger partial charge on any atom is -0.477 e. The zero-order chi connectivity index (χ0) is 34.5. The molecule has 5 heterocycles. The molecule has 2 amide bonds. The van der Waals surface area contributed by atoms with Crippen LogP contribution in [0.1, 0.15) is 12.6 Å². The number of β-lactam (4-membered cyclic amide) rings is 1. The molecule has 16 nitrogen and oxygen atoms in total. The van der Waals surface area contributed by atoms with Crippen LogP contribution < -0.4 is 22.2 Å². The van der Waals surface area contributed by atoms with Crippen molar-refractivity contribution in [2.45, 2.75) is 24.5 Å². The smallest absolute Gasteiger partial charge is 0.477 e. The molecule has 0 saturated carbocycles. The van der Waals surface area contributed by atoms with Crippen LogP contribution in [-0.4, -0.2) is 108 Å². The number of thiazole rings is 1. The first-order valence-electron chi connectivity index (χ1n) is 13.4. The number of carbonyl (C=O) groups excluding carboxylic acids is 2. The lowest BCUT2D eigenvalue weighted by molar-refractivity contribution is -0.192. The predicted molar refractivity (Wildman–Crippen MR) is 167 cm³/mol. The minimum atomic E-state index is -5.08. The van der Waals surface area contributed by atoms with E-state index < -0.39 is 41.3 Å². The lowest BCUT2D eigenvalue weighted by Crippen LogP contribution is -2.71. The van der Waals surface area contributed by atoms with Gasteiger partial charge in [-0.1, -0.05) is 5.16 Å². The number of amides is 2. The number of nitrogens with zero attached hydrogens (tertiary/aromatic N) is 5. The molecule has 2 atom stereocenters. The summed E-state index contributed by atoms with van der Waals surface area (Å²) in [5.41, 5.74) is 15.2. The molecule has 22 heteroatoms. The molecular weight excluding hydrogens is 692 g/mol. The average molecular weight is 720 g/mol. The van der Waals surface area contributed by atoms with Gasteiger partial charge in [-0.3, -0.25) is 19.9 Å². The van der Waals surface area contributed by atoms with E-state index in [9.17, 15) is 32.7 Å². The number of thioether (sulfide) groups is 2. The highest BCUT2D eigenvalue weighted by molar-refractivity contribution is 8.03. The second kappa shape index (κ2) is 15.0. The number of aliphatic carboxylic acids is 2. The van der Waals surface area contributed by atoms with Crippen LogP contribution in [0.5, 0.6) is 0 Å². The SMILES string of the molecule is CCO/N=C(\C(=O)N[C@@H]1C(=O)N2C(C(=O)O)=C(CN3C=CN4NC(SCCN)=CC=C34)CS[C@@H]12)c1csc(N)n1.O=C(O)C(F)(F)F. The van der Waals surface area contributed by atoms with Crippen molar-refractivity contribution < 1.29 is 47.4 Å². The lowest BCUT2D eigenvalue weighted by atomic mass is 10.0. The fraction of sp³-hybridized carbons (Fsp3) is 0.360. The van der Waals surface area contributed by atoms with Crippen LogP contribution in [0.2, 0.25) is 0 Å². The molecular formula is C25H28F3N9O7S3. The van der Waals surface area contributed by atoms with Crippen LogP contribution in [-0.2, 0) is 24.0 Å². The van der Waals surface area contributed by atoms with Crippen LogP contribution in [0.15, 0.2) is 57.2 Å². The van der Waals surface area contributed by atoms with E-state index in [1.807, 2.05) is 34.5 Å². The number of carboxylic acid groups (broad SMARTS) is 2. The number of alkyl halides is 3. The van der Waals surface area contributed by atoms with Crippen molar-refractivity contribution in [3.63, 3.8) is 0 Å². The van der Waals surface area contributed by atoms with Crippen LogP contribution >= 0.6 is 34.9 Å². The maximum Gasteiger partial charge on any atom is 0.490 e. The minimum absolute atomic E-state index is 0.0688. The number of nitrogens with two attached hydrogens (primary N) is 2. The van der Waals surface area contributed by atoms with Gasteiger partial charge in [0.15, 0.2) is 10.8 Å². The Balaban J connectivity index is 0.000000644. The zero-order valence-electron chi connectivity index (χ0n) is 24.3. The summed E-state index contributed by atoms with van der Waals surface area (Å²) in [7, 11) is 0. The van der Waals surface area contributed by atoms with Crippen LogP contribution in [0.25, 0.3) is 0 Å². The van der Waals surface area contributed by atoms with Crippen LogP contribution in [0.4, 0.5) is 18.3 Å². The summed E-state index contributed by atoms with van der Waals surface area (Å²) in [5.74, 6) is -3.18. The van der Waals surface area contributed by atoms with Gasteiger partial charge in [-0.05, 0) is 24.6 Å². The van der Waals surface area contributed by atoms with E-state index in [0.717, 1.165) is 27.9 Å². The van der Waals surface area contributed by atoms with Gasteiger partial charge in [-0.2, -0.15) is 13.2 Å². The summed E-state index contributed by atoms with van der Waals surface area (Å²) in [6, 6.07) is -0.932. The Morgan fingerprint density at radius 1 is 1.28 bits per heavy atom. The molecule has 0 unspecified atom stereocenters. The number of anilines is 1. The maximum absolute atomic E-state index is 13.2. The topological polar surface area (TPSA) is 229 Å². The molecule has 254 valence electrons. The van der Waals surface area contributed by atoms with Crippen molar-refractivity contribution in [1.29, 1.82) is 0 Å². The Kier molecular flexibility index (Phi) is 11.3. The van der Waals surface area contributed by atoms with E-state index in [1.54, 1.807) is 24.1 Å². The summed E-state index contributed by atoms with van der Waals surface area (Å²) in [6.45, 7) is 2.78. The van der Waals surface area contributed by atoms with Gasteiger partial charge >= 0.3 is 18.1 Å². The number of fused-ring (bicyclic) bond motifs is 2. The van der Waals surface area contributed by atoms with Crippen molar-refractivity contribution >= 4 is 69.5 Å². The Morgan fingerprint density at radius 3 is 2.60 bits per heavy atom. The lowest BCUT2D eigenvalue weighted by Gasteiger charge is -2.49. The van der Waals surface area contributed by atoms with Gasteiger partial charge in [0, 0.05) is 42.4 Å². The van der Waals surface area contributed by atoms with Gasteiger partial charge < -0.3 is 36.7 Å². The molecule has 0 aromatic carbocycles. The van der Waals surface area contributed by atoms with Gasteiger partial charge in [-0.15, -0.1) is 34.9 Å². The largest absolute Gasteiger partial charge is 0.490 e. The van der Waals surface area contributed by atoms with Gasteiger partial charge in [0.2, 0.25) is 0 Å². The molecule has 4 aliphatic rings. The molecule has 1 saturated heterocycles. The number of halogens is 3. The van der Waals surface area contributed by atoms with E-state index in [1.165, 1.54) is 16.7 Å². The van der Waals surface area contributed by atoms with E-state index in [0.29, 0.717) is 17.9 Å². The van der Waals surface area contributed by atoms with Crippen molar-refractivity contribution in [3.8, 4) is 0 Å². The first kappa shape index (κ1) is 35.4. The number of aromatic nitrogens is 1. The van der Waals surface area contributed by atoms with Gasteiger partial charge in [0.25, 0.3) is 11.8 Å².